The van der Waals surface area contributed by atoms with Crippen molar-refractivity contribution in [3.63, 3.8) is 0 Å². The molecule has 0 unspecified atom stereocenters. The van der Waals surface area contributed by atoms with Gasteiger partial charge in [0.1, 0.15) is 22.9 Å². The standard InChI is InChI=1S/C18H12N2O2/c21-15-9-11-5-1-3-7-13(11)19-17(15)18-16(22)10-12-6-2-4-8-14(12)20-18/h1-10,21-22H. The topological polar surface area (TPSA) is 66.2 Å². The van der Waals surface area contributed by atoms with E-state index >= 15 is 0 Å². The molecule has 4 aromatic rings. The Morgan fingerprint density at radius 3 is 1.45 bits per heavy atom. The second-order valence-electron chi connectivity index (χ2n) is 5.10. The van der Waals surface area contributed by atoms with Gasteiger partial charge in [0.25, 0.3) is 0 Å². The van der Waals surface area contributed by atoms with Crippen LogP contribution in [0, 0.1) is 0 Å². The van der Waals surface area contributed by atoms with Gasteiger partial charge in [0.2, 0.25) is 0 Å². The summed E-state index contributed by atoms with van der Waals surface area (Å²) in [5.41, 5.74) is 2.04. The Bertz CT molecular complexity index is 929. The van der Waals surface area contributed by atoms with Crippen LogP contribution in [0.3, 0.4) is 0 Å². The summed E-state index contributed by atoms with van der Waals surface area (Å²) in [4.78, 5) is 8.88. The number of hydrogen-bond donors (Lipinski definition) is 2. The lowest BCUT2D eigenvalue weighted by atomic mass is 10.1. The van der Waals surface area contributed by atoms with Crippen molar-refractivity contribution in [3.8, 4) is 22.9 Å². The van der Waals surface area contributed by atoms with Gasteiger partial charge in [-0.1, -0.05) is 36.4 Å². The predicted octanol–water partition coefficient (Wildman–Crippen LogP) is 3.86. The Labute approximate surface area is 126 Å². The molecule has 0 bridgehead atoms. The summed E-state index contributed by atoms with van der Waals surface area (Å²) in [5, 5.41) is 22.2. The number of hydrogen-bond acceptors (Lipinski definition) is 4. The molecular formula is C18H12N2O2. The van der Waals surface area contributed by atoms with Crippen LogP contribution in [0.15, 0.2) is 60.7 Å². The number of rotatable bonds is 1. The summed E-state index contributed by atoms with van der Waals surface area (Å²) in [6.45, 7) is 0. The fraction of sp³-hybridized carbons (Fsp3) is 0. The molecule has 0 aliphatic heterocycles. The van der Waals surface area contributed by atoms with Gasteiger partial charge < -0.3 is 10.2 Å². The molecule has 0 saturated carbocycles. The fourth-order valence-electron chi connectivity index (χ4n) is 2.56. The maximum absolute atomic E-state index is 10.2. The average molecular weight is 288 g/mol. The number of para-hydroxylation sites is 2. The van der Waals surface area contributed by atoms with Crippen molar-refractivity contribution >= 4 is 21.8 Å². The van der Waals surface area contributed by atoms with E-state index in [1.54, 1.807) is 12.1 Å². The molecule has 0 atom stereocenters. The molecule has 0 spiro atoms. The quantitative estimate of drug-likeness (QED) is 0.558. The largest absolute Gasteiger partial charge is 0.506 e. The van der Waals surface area contributed by atoms with Crippen LogP contribution in [0.5, 0.6) is 11.5 Å². The van der Waals surface area contributed by atoms with Gasteiger partial charge in [-0.15, -0.1) is 0 Å². The van der Waals surface area contributed by atoms with E-state index in [2.05, 4.69) is 9.97 Å². The first kappa shape index (κ1) is 12.6. The summed E-state index contributed by atoms with van der Waals surface area (Å²) in [7, 11) is 0. The van der Waals surface area contributed by atoms with Crippen LogP contribution in [0.1, 0.15) is 0 Å². The number of fused-ring (bicyclic) bond motifs is 2. The number of pyridine rings is 2. The second kappa shape index (κ2) is 4.70. The van der Waals surface area contributed by atoms with E-state index in [9.17, 15) is 10.2 Å². The lowest BCUT2D eigenvalue weighted by Gasteiger charge is -2.08. The van der Waals surface area contributed by atoms with Gasteiger partial charge in [0.15, 0.2) is 0 Å². The van der Waals surface area contributed by atoms with Crippen LogP contribution < -0.4 is 0 Å². The highest BCUT2D eigenvalue weighted by Gasteiger charge is 2.15. The van der Waals surface area contributed by atoms with E-state index in [1.807, 2.05) is 48.5 Å². The summed E-state index contributed by atoms with van der Waals surface area (Å²) in [6, 6.07) is 18.3. The number of aromatic nitrogens is 2. The molecule has 22 heavy (non-hydrogen) atoms. The molecule has 2 N–H and O–H groups in total. The van der Waals surface area contributed by atoms with Crippen LogP contribution in [0.25, 0.3) is 33.2 Å². The molecule has 0 saturated heterocycles. The summed E-state index contributed by atoms with van der Waals surface area (Å²) < 4.78 is 0. The maximum atomic E-state index is 10.2. The molecule has 0 aliphatic carbocycles. The minimum Gasteiger partial charge on any atom is -0.506 e. The van der Waals surface area contributed by atoms with Crippen LogP contribution in [-0.4, -0.2) is 20.2 Å². The molecule has 0 radical (unpaired) electrons. The molecule has 4 heteroatoms. The molecule has 0 amide bonds. The van der Waals surface area contributed by atoms with Gasteiger partial charge in [0.05, 0.1) is 11.0 Å². The zero-order valence-electron chi connectivity index (χ0n) is 11.6. The smallest absolute Gasteiger partial charge is 0.144 e. The van der Waals surface area contributed by atoms with E-state index in [-0.39, 0.29) is 22.9 Å². The fourth-order valence-corrected chi connectivity index (χ4v) is 2.56. The Balaban J connectivity index is 2.02. The molecule has 2 aromatic heterocycles. The number of aromatic hydroxyl groups is 2. The van der Waals surface area contributed by atoms with Crippen molar-refractivity contribution in [2.75, 3.05) is 0 Å². The molecule has 4 nitrogen and oxygen atoms in total. The molecule has 2 aromatic carbocycles. The highest BCUT2D eigenvalue weighted by Crippen LogP contribution is 2.35. The molecule has 0 fully saturated rings. The predicted molar refractivity (Wildman–Crippen MR) is 85.8 cm³/mol. The van der Waals surface area contributed by atoms with Crippen molar-refractivity contribution in [1.29, 1.82) is 0 Å². The van der Waals surface area contributed by atoms with Crippen LogP contribution in [-0.2, 0) is 0 Å². The third-order valence-electron chi connectivity index (χ3n) is 3.63. The van der Waals surface area contributed by atoms with Crippen molar-refractivity contribution in [2.45, 2.75) is 0 Å². The summed E-state index contributed by atoms with van der Waals surface area (Å²) >= 11 is 0. The van der Waals surface area contributed by atoms with Crippen LogP contribution >= 0.6 is 0 Å². The Morgan fingerprint density at radius 2 is 1.00 bits per heavy atom. The van der Waals surface area contributed by atoms with Gasteiger partial charge in [-0.05, 0) is 24.3 Å². The molecule has 2 heterocycles. The van der Waals surface area contributed by atoms with Crippen molar-refractivity contribution in [2.24, 2.45) is 0 Å². The van der Waals surface area contributed by atoms with Crippen molar-refractivity contribution in [3.05, 3.63) is 60.7 Å². The molecular weight excluding hydrogens is 276 g/mol. The Kier molecular flexibility index (Phi) is 2.69. The second-order valence-corrected chi connectivity index (χ2v) is 5.10. The molecule has 0 aliphatic rings. The lowest BCUT2D eigenvalue weighted by molar-refractivity contribution is 0.466. The van der Waals surface area contributed by atoms with Crippen molar-refractivity contribution in [1.82, 2.24) is 9.97 Å². The zero-order chi connectivity index (χ0) is 15.1. The Hall–Kier alpha value is -3.14. The number of benzene rings is 2. The highest BCUT2D eigenvalue weighted by molar-refractivity contribution is 5.88. The van der Waals surface area contributed by atoms with E-state index in [1.165, 1.54) is 0 Å². The minimum atomic E-state index is -0.00298. The van der Waals surface area contributed by atoms with E-state index in [4.69, 9.17) is 0 Å². The van der Waals surface area contributed by atoms with E-state index in [0.717, 1.165) is 21.8 Å². The van der Waals surface area contributed by atoms with Gasteiger partial charge in [0, 0.05) is 10.8 Å². The molecule has 106 valence electrons. The SMILES string of the molecule is Oc1cc2ccccc2nc1-c1nc2ccccc2cc1O. The minimum absolute atomic E-state index is 0.00298. The third-order valence-corrected chi connectivity index (χ3v) is 3.63. The van der Waals surface area contributed by atoms with Crippen LogP contribution in [0.2, 0.25) is 0 Å². The van der Waals surface area contributed by atoms with Gasteiger partial charge in [-0.2, -0.15) is 0 Å². The first-order valence-corrected chi connectivity index (χ1v) is 6.90. The van der Waals surface area contributed by atoms with Crippen LogP contribution in [0.4, 0.5) is 0 Å². The first-order valence-electron chi connectivity index (χ1n) is 6.90. The first-order chi connectivity index (χ1) is 10.7. The highest BCUT2D eigenvalue weighted by atomic mass is 16.3. The summed E-state index contributed by atoms with van der Waals surface area (Å²) in [6.07, 6.45) is 0. The normalized spacial score (nSPS) is 11.1. The third kappa shape index (κ3) is 1.93. The van der Waals surface area contributed by atoms with Gasteiger partial charge >= 0.3 is 0 Å². The monoisotopic (exact) mass is 288 g/mol. The number of nitrogens with zero attached hydrogens (tertiary/aromatic N) is 2. The maximum Gasteiger partial charge on any atom is 0.144 e. The summed E-state index contributed by atoms with van der Waals surface area (Å²) in [5.74, 6) is -0.00596. The lowest BCUT2D eigenvalue weighted by Crippen LogP contribution is -1.91. The van der Waals surface area contributed by atoms with Gasteiger partial charge in [-0.3, -0.25) is 0 Å². The van der Waals surface area contributed by atoms with E-state index in [0.29, 0.717) is 0 Å². The molecule has 4 rings (SSSR count). The van der Waals surface area contributed by atoms with E-state index < -0.39 is 0 Å². The zero-order valence-corrected chi connectivity index (χ0v) is 11.6. The van der Waals surface area contributed by atoms with Gasteiger partial charge in [-0.25, -0.2) is 9.97 Å². The average Bonchev–Trinajstić information content (AvgIpc) is 2.54. The Morgan fingerprint density at radius 1 is 0.591 bits per heavy atom. The van der Waals surface area contributed by atoms with Crippen molar-refractivity contribution < 1.29 is 10.2 Å².